The van der Waals surface area contributed by atoms with E-state index in [1.54, 1.807) is 26.0 Å². The van der Waals surface area contributed by atoms with Gasteiger partial charge in [0.05, 0.1) is 0 Å². The third kappa shape index (κ3) is 1460000. The van der Waals surface area contributed by atoms with Crippen molar-refractivity contribution in [2.24, 2.45) is 0 Å². The van der Waals surface area contributed by atoms with Gasteiger partial charge in [0.25, 0.3) is 0 Å². The van der Waals surface area contributed by atoms with Crippen LogP contribution in [0.25, 0.3) is 0 Å². The molecular weight excluding hydrogens is 320 g/mol. The summed E-state index contributed by atoms with van der Waals surface area (Å²) in [4.78, 5) is 9.44. The zero-order chi connectivity index (χ0) is 16.2. The Bertz CT molecular complexity index is 197. The van der Waals surface area contributed by atoms with Crippen LogP contribution < -0.4 is 0 Å². The van der Waals surface area contributed by atoms with Crippen LogP contribution in [0, 0.1) is 0 Å². The second kappa shape index (κ2) is 58.4. The predicted molar refractivity (Wildman–Crippen MR) is 112 cm³/mol. The number of hydrogen-bond donors (Lipinski definition) is 0. The normalized spacial score (nSPS) is 6.27. The summed E-state index contributed by atoms with van der Waals surface area (Å²) >= 11 is 1.75. The number of hydrogen-bond acceptors (Lipinski definition) is 5. The van der Waals surface area contributed by atoms with Gasteiger partial charge in [-0.2, -0.15) is 11.8 Å². The molecule has 0 aliphatic carbocycles. The number of rotatable bonds is 0. The molecule has 0 amide bonds. The van der Waals surface area contributed by atoms with Crippen LogP contribution in [0.3, 0.4) is 0 Å². The van der Waals surface area contributed by atoms with E-state index in [0.29, 0.717) is 0 Å². The second-order valence-electron chi connectivity index (χ2n) is 3.57. The molecule has 0 heterocycles. The average Bonchev–Trinajstić information content (AvgIpc) is 2.01. The van der Waals surface area contributed by atoms with Crippen LogP contribution in [0.4, 0.5) is 0 Å². The maximum absolute atomic E-state index is 9.63. The van der Waals surface area contributed by atoms with E-state index in [-0.39, 0.29) is 35.5 Å². The van der Waals surface area contributed by atoms with Gasteiger partial charge in [-0.05, 0) is 26.4 Å². The van der Waals surface area contributed by atoms with Crippen molar-refractivity contribution in [3.63, 3.8) is 0 Å². The van der Waals surface area contributed by atoms with E-state index in [2.05, 4.69) is 18.6 Å². The van der Waals surface area contributed by atoms with E-state index in [1.807, 2.05) is 12.5 Å². The lowest BCUT2D eigenvalue weighted by Gasteiger charge is -1.69. The van der Waals surface area contributed by atoms with Gasteiger partial charge in [0, 0.05) is 26.7 Å². The van der Waals surface area contributed by atoms with Gasteiger partial charge in [0.1, 0.15) is 15.6 Å². The molecule has 148 valence electrons. The molecule has 0 bridgehead atoms. The fraction of sp³-hybridized carbons (Fsp3) is 0.938. The highest BCUT2D eigenvalue weighted by atomic mass is 32.2. The number of carbonyl (C=O) groups is 1. The van der Waals surface area contributed by atoms with Crippen LogP contribution in [0.2, 0.25) is 0 Å². The fourth-order valence-electron chi connectivity index (χ4n) is 0. The largest absolute Gasteiger partial charge is 0.388 e. The molecule has 0 aliphatic heterocycles. The number of Topliss-reactive ketones (excluding diaryl/α,β-unsaturated/α-hetero) is 1. The number of methoxy groups -OCH3 is 1. The van der Waals surface area contributed by atoms with Crippen molar-refractivity contribution in [2.45, 2.75) is 63.8 Å². The van der Waals surface area contributed by atoms with E-state index in [4.69, 9.17) is 0 Å². The summed E-state index contributed by atoms with van der Waals surface area (Å²) in [6.07, 6.45) is 7.65. The molecule has 0 aromatic carbocycles. The average molecular weight is 369 g/mol. The molecule has 0 unspecified atom stereocenters. The number of ketones is 1. The molecule has 0 N–H and O–H groups in total. The van der Waals surface area contributed by atoms with Gasteiger partial charge < -0.3 is 9.53 Å². The minimum absolute atomic E-state index is 0. The van der Waals surface area contributed by atoms with Gasteiger partial charge in [0.15, 0.2) is 0 Å². The Labute approximate surface area is 148 Å². The molecule has 6 heteroatoms. The molecular formula is C16H48O4S2. The molecule has 0 aromatic rings. The van der Waals surface area contributed by atoms with Crippen molar-refractivity contribution in [1.29, 1.82) is 0 Å². The highest BCUT2D eigenvalue weighted by Crippen LogP contribution is 1.70. The lowest BCUT2D eigenvalue weighted by molar-refractivity contribution is -0.114. The van der Waals surface area contributed by atoms with Gasteiger partial charge in [-0.25, -0.2) is 8.42 Å². The third-order valence-corrected chi connectivity index (χ3v) is 0. The Morgan fingerprint density at radius 3 is 0.909 bits per heavy atom. The molecule has 0 saturated heterocycles. The lowest BCUT2D eigenvalue weighted by Crippen LogP contribution is -1.86. The smallest absolute Gasteiger partial charge is 0.144 e. The minimum atomic E-state index is -2.67. The monoisotopic (exact) mass is 368 g/mol. The molecule has 0 saturated carbocycles. The molecule has 0 aliphatic rings. The molecule has 4 nitrogen and oxygen atoms in total. The van der Waals surface area contributed by atoms with Gasteiger partial charge >= 0.3 is 0 Å². The molecule has 0 fully saturated rings. The Morgan fingerprint density at radius 2 is 0.909 bits per heavy atom. The predicted octanol–water partition coefficient (Wildman–Crippen LogP) is 5.46. The van der Waals surface area contributed by atoms with Crippen LogP contribution in [0.15, 0.2) is 0 Å². The first kappa shape index (κ1) is 57.5. The maximum Gasteiger partial charge on any atom is 0.144 e. The minimum Gasteiger partial charge on any atom is -0.388 e. The fourth-order valence-corrected chi connectivity index (χ4v) is 0. The summed E-state index contributed by atoms with van der Waals surface area (Å²) in [6, 6.07) is 0. The topological polar surface area (TPSA) is 60.4 Å². The summed E-state index contributed by atoms with van der Waals surface area (Å²) in [7, 11) is 0.583. The van der Waals surface area contributed by atoms with Gasteiger partial charge in [-0.15, -0.1) is 0 Å². The first-order valence-electron chi connectivity index (χ1n) is 5.40. The molecule has 22 heavy (non-hydrogen) atoms. The molecule has 0 spiro atoms. The number of thioether (sulfide) groups is 1. The van der Waals surface area contributed by atoms with Crippen molar-refractivity contribution >= 4 is 27.4 Å². The van der Waals surface area contributed by atoms with Crippen molar-refractivity contribution in [1.82, 2.24) is 0 Å². The Morgan fingerprint density at radius 1 is 0.909 bits per heavy atom. The SMILES string of the molecule is C.C.C.C.CC(C)=O.CCC.COC.CS(C)(=O)=O.CSC. The highest BCUT2D eigenvalue weighted by molar-refractivity contribution is 7.97. The first-order chi connectivity index (χ1) is 7.97. The maximum atomic E-state index is 9.63. The number of sulfone groups is 1. The van der Waals surface area contributed by atoms with Crippen LogP contribution >= 0.6 is 11.8 Å². The standard InChI is InChI=1S/C3H6O.C3H8.C2H6O2S.C2H6O.C2H6S.4CH4/c1-3(2)4;1-3-2;1-5(2,3)4;2*1-3-2;;;;/h1-2H3;3H2,1-2H3;1-2H3;2*1-2H3;4*1H4. The van der Waals surface area contributed by atoms with E-state index < -0.39 is 9.84 Å². The molecule has 0 rings (SSSR count). The van der Waals surface area contributed by atoms with E-state index >= 15 is 0 Å². The van der Waals surface area contributed by atoms with E-state index in [0.717, 1.165) is 12.5 Å². The van der Waals surface area contributed by atoms with Gasteiger partial charge in [-0.3, -0.25) is 0 Å². The molecule has 0 atom stereocenters. The summed E-state index contributed by atoms with van der Waals surface area (Å²) in [5, 5.41) is 0. The van der Waals surface area contributed by atoms with Crippen LogP contribution in [-0.2, 0) is 19.4 Å². The molecule has 0 aromatic heterocycles. The zero-order valence-electron chi connectivity index (χ0n) is 13.7. The Hall–Kier alpha value is -0.0700. The van der Waals surface area contributed by atoms with Crippen LogP contribution in [-0.4, -0.2) is 53.4 Å². The van der Waals surface area contributed by atoms with E-state index in [9.17, 15) is 13.2 Å². The number of carbonyl (C=O) groups excluding carboxylic acids is 1. The highest BCUT2D eigenvalue weighted by Gasteiger charge is 1.79. The van der Waals surface area contributed by atoms with Crippen molar-refractivity contribution in [3.05, 3.63) is 0 Å². The van der Waals surface area contributed by atoms with E-state index in [1.165, 1.54) is 20.3 Å². The van der Waals surface area contributed by atoms with Gasteiger partial charge in [-0.1, -0.05) is 50.0 Å². The lowest BCUT2D eigenvalue weighted by atomic mass is 10.6. The summed E-state index contributed by atoms with van der Waals surface area (Å²) in [5.41, 5.74) is 0. The summed E-state index contributed by atoms with van der Waals surface area (Å²) in [6.45, 7) is 7.31. The summed E-state index contributed by atoms with van der Waals surface area (Å²) in [5.74, 6) is 0.167. The number of ether oxygens (including phenoxy) is 1. The Kier molecular flexibility index (Phi) is 153. The van der Waals surface area contributed by atoms with Crippen LogP contribution in [0.1, 0.15) is 63.8 Å². The molecule has 0 radical (unpaired) electrons. The first-order valence-corrected chi connectivity index (χ1v) is 9.33. The second-order valence-corrected chi connectivity index (χ2v) is 6.68. The quantitative estimate of drug-likeness (QED) is 0.568. The summed E-state index contributed by atoms with van der Waals surface area (Å²) < 4.78 is 23.5. The van der Waals surface area contributed by atoms with Crippen molar-refractivity contribution in [2.75, 3.05) is 39.2 Å². The Balaban J connectivity index is -0.0000000133. The van der Waals surface area contributed by atoms with Crippen molar-refractivity contribution in [3.8, 4) is 0 Å². The third-order valence-electron chi connectivity index (χ3n) is 0. The van der Waals surface area contributed by atoms with Gasteiger partial charge in [0.2, 0.25) is 0 Å². The zero-order valence-corrected chi connectivity index (χ0v) is 15.3. The van der Waals surface area contributed by atoms with Crippen molar-refractivity contribution < 1.29 is 17.9 Å². The van der Waals surface area contributed by atoms with Crippen LogP contribution in [0.5, 0.6) is 0 Å².